The summed E-state index contributed by atoms with van der Waals surface area (Å²) in [5.74, 6) is 0.623. The normalized spacial score (nSPS) is 21.1. The number of H-pyrrole nitrogens is 1. The van der Waals surface area contributed by atoms with Crippen LogP contribution >= 0.6 is 0 Å². The van der Waals surface area contributed by atoms with Gasteiger partial charge in [0, 0.05) is 24.6 Å². The molecule has 0 atom stereocenters. The van der Waals surface area contributed by atoms with Crippen molar-refractivity contribution in [2.75, 3.05) is 6.54 Å². The molecule has 1 amide bonds. The van der Waals surface area contributed by atoms with E-state index < -0.39 is 0 Å². The van der Waals surface area contributed by atoms with Crippen LogP contribution in [0.3, 0.4) is 0 Å². The number of pyridine rings is 1. The molecule has 6 nitrogen and oxygen atoms in total. The standard InChI is InChI=1S/C17H23N5O/c18-8-13-3-5-16(6-4-13)22(11-15-10-20-12-21-15)17(23)14-2-1-7-19-9-14/h1-2,7,9-10,12-13,16H,3-6,8,11,18H2,(H,20,21). The Balaban J connectivity index is 1.78. The average Bonchev–Trinajstić information content (AvgIpc) is 3.13. The van der Waals surface area contributed by atoms with Gasteiger partial charge in [-0.15, -0.1) is 0 Å². The molecule has 0 saturated heterocycles. The molecule has 1 saturated carbocycles. The fourth-order valence-corrected chi connectivity index (χ4v) is 3.27. The lowest BCUT2D eigenvalue weighted by molar-refractivity contribution is 0.0587. The molecule has 0 aliphatic heterocycles. The van der Waals surface area contributed by atoms with E-state index in [1.807, 2.05) is 11.0 Å². The Bertz CT molecular complexity index is 605. The Hall–Kier alpha value is -2.21. The number of carbonyl (C=O) groups is 1. The van der Waals surface area contributed by atoms with E-state index in [2.05, 4.69) is 15.0 Å². The number of nitrogens with zero attached hydrogens (tertiary/aromatic N) is 3. The van der Waals surface area contributed by atoms with Crippen LogP contribution in [0.4, 0.5) is 0 Å². The molecule has 0 radical (unpaired) electrons. The summed E-state index contributed by atoms with van der Waals surface area (Å²) in [6, 6.07) is 3.86. The van der Waals surface area contributed by atoms with Crippen LogP contribution in [0.2, 0.25) is 0 Å². The summed E-state index contributed by atoms with van der Waals surface area (Å²) in [5.41, 5.74) is 7.36. The summed E-state index contributed by atoms with van der Waals surface area (Å²) >= 11 is 0. The van der Waals surface area contributed by atoms with Crippen LogP contribution in [-0.4, -0.2) is 38.3 Å². The summed E-state index contributed by atoms with van der Waals surface area (Å²) in [4.78, 5) is 26.1. The first kappa shape index (κ1) is 15.7. The van der Waals surface area contributed by atoms with Gasteiger partial charge in [0.2, 0.25) is 0 Å². The van der Waals surface area contributed by atoms with Crippen molar-refractivity contribution < 1.29 is 4.79 Å². The Kier molecular flexibility index (Phi) is 5.02. The minimum absolute atomic E-state index is 0.0314. The van der Waals surface area contributed by atoms with Gasteiger partial charge in [-0.2, -0.15) is 0 Å². The summed E-state index contributed by atoms with van der Waals surface area (Å²) in [5, 5.41) is 0. The molecule has 23 heavy (non-hydrogen) atoms. The van der Waals surface area contributed by atoms with Gasteiger partial charge < -0.3 is 15.6 Å². The third kappa shape index (κ3) is 3.76. The molecule has 6 heteroatoms. The Morgan fingerprint density at radius 3 is 2.70 bits per heavy atom. The molecular weight excluding hydrogens is 290 g/mol. The van der Waals surface area contributed by atoms with E-state index in [-0.39, 0.29) is 11.9 Å². The van der Waals surface area contributed by atoms with Crippen LogP contribution in [0.15, 0.2) is 37.1 Å². The van der Waals surface area contributed by atoms with Crippen molar-refractivity contribution >= 4 is 5.91 Å². The molecule has 1 aliphatic rings. The van der Waals surface area contributed by atoms with Gasteiger partial charge in [0.15, 0.2) is 0 Å². The lowest BCUT2D eigenvalue weighted by atomic mass is 9.85. The molecular formula is C17H23N5O. The monoisotopic (exact) mass is 313 g/mol. The highest BCUT2D eigenvalue weighted by atomic mass is 16.2. The third-order valence-corrected chi connectivity index (χ3v) is 4.66. The first-order valence-corrected chi connectivity index (χ1v) is 8.16. The maximum Gasteiger partial charge on any atom is 0.256 e. The second-order valence-corrected chi connectivity index (χ2v) is 6.16. The fraction of sp³-hybridized carbons (Fsp3) is 0.471. The van der Waals surface area contributed by atoms with Crippen molar-refractivity contribution in [2.45, 2.75) is 38.3 Å². The van der Waals surface area contributed by atoms with Crippen molar-refractivity contribution in [1.82, 2.24) is 19.9 Å². The molecule has 0 spiro atoms. The topological polar surface area (TPSA) is 87.9 Å². The van der Waals surface area contributed by atoms with Gasteiger partial charge in [0.05, 0.1) is 24.1 Å². The number of nitrogens with one attached hydrogen (secondary N) is 1. The fourth-order valence-electron chi connectivity index (χ4n) is 3.27. The van der Waals surface area contributed by atoms with Gasteiger partial charge in [0.1, 0.15) is 0 Å². The molecule has 0 unspecified atom stereocenters. The van der Waals surface area contributed by atoms with Gasteiger partial charge in [0.25, 0.3) is 5.91 Å². The number of imidazole rings is 1. The maximum absolute atomic E-state index is 12.9. The highest BCUT2D eigenvalue weighted by molar-refractivity contribution is 5.94. The highest BCUT2D eigenvalue weighted by Gasteiger charge is 2.29. The van der Waals surface area contributed by atoms with E-state index in [4.69, 9.17) is 5.73 Å². The van der Waals surface area contributed by atoms with E-state index in [1.54, 1.807) is 31.0 Å². The zero-order valence-corrected chi connectivity index (χ0v) is 13.2. The molecule has 0 aromatic carbocycles. The molecule has 0 bridgehead atoms. The molecule has 1 aliphatic carbocycles. The quantitative estimate of drug-likeness (QED) is 0.883. The molecule has 2 heterocycles. The summed E-state index contributed by atoms with van der Waals surface area (Å²) in [6.45, 7) is 1.29. The summed E-state index contributed by atoms with van der Waals surface area (Å²) < 4.78 is 0. The summed E-state index contributed by atoms with van der Waals surface area (Å²) in [7, 11) is 0. The minimum Gasteiger partial charge on any atom is -0.347 e. The predicted octanol–water partition coefficient (Wildman–Crippen LogP) is 1.96. The lowest BCUT2D eigenvalue weighted by Gasteiger charge is -2.36. The van der Waals surface area contributed by atoms with E-state index in [1.165, 1.54) is 0 Å². The maximum atomic E-state index is 12.9. The molecule has 1 fully saturated rings. The number of amides is 1. The van der Waals surface area contributed by atoms with Gasteiger partial charge in [-0.05, 0) is 50.3 Å². The Morgan fingerprint density at radius 1 is 1.26 bits per heavy atom. The first-order chi connectivity index (χ1) is 11.3. The zero-order chi connectivity index (χ0) is 16.1. The van der Waals surface area contributed by atoms with Crippen LogP contribution < -0.4 is 5.73 Å². The molecule has 3 rings (SSSR count). The van der Waals surface area contributed by atoms with Gasteiger partial charge in [-0.1, -0.05) is 0 Å². The number of aromatic amines is 1. The van der Waals surface area contributed by atoms with Crippen LogP contribution in [0.5, 0.6) is 0 Å². The van der Waals surface area contributed by atoms with Crippen LogP contribution in [0.1, 0.15) is 41.7 Å². The number of hydrogen-bond donors (Lipinski definition) is 2. The summed E-state index contributed by atoms with van der Waals surface area (Å²) in [6.07, 6.45) is 10.9. The van der Waals surface area contributed by atoms with E-state index >= 15 is 0 Å². The van der Waals surface area contributed by atoms with Crippen LogP contribution in [0, 0.1) is 5.92 Å². The highest BCUT2D eigenvalue weighted by Crippen LogP contribution is 2.28. The van der Waals surface area contributed by atoms with E-state index in [9.17, 15) is 4.79 Å². The number of aromatic nitrogens is 3. The molecule has 122 valence electrons. The van der Waals surface area contributed by atoms with Gasteiger partial charge in [-0.25, -0.2) is 4.98 Å². The second kappa shape index (κ2) is 7.37. The molecule has 3 N–H and O–H groups in total. The second-order valence-electron chi connectivity index (χ2n) is 6.16. The first-order valence-electron chi connectivity index (χ1n) is 8.16. The van der Waals surface area contributed by atoms with Gasteiger partial charge in [-0.3, -0.25) is 9.78 Å². The molecule has 2 aromatic rings. The van der Waals surface area contributed by atoms with Crippen LogP contribution in [0.25, 0.3) is 0 Å². The van der Waals surface area contributed by atoms with Crippen molar-refractivity contribution in [2.24, 2.45) is 11.7 Å². The smallest absolute Gasteiger partial charge is 0.256 e. The molecule has 2 aromatic heterocycles. The average molecular weight is 313 g/mol. The minimum atomic E-state index is 0.0314. The Labute approximate surface area is 136 Å². The van der Waals surface area contributed by atoms with Crippen molar-refractivity contribution in [3.05, 3.63) is 48.3 Å². The number of hydrogen-bond acceptors (Lipinski definition) is 4. The van der Waals surface area contributed by atoms with Gasteiger partial charge >= 0.3 is 0 Å². The van der Waals surface area contributed by atoms with Crippen molar-refractivity contribution in [3.8, 4) is 0 Å². The zero-order valence-electron chi connectivity index (χ0n) is 13.2. The van der Waals surface area contributed by atoms with Crippen LogP contribution in [-0.2, 0) is 6.54 Å². The predicted molar refractivity (Wildman–Crippen MR) is 87.5 cm³/mol. The number of carbonyl (C=O) groups excluding carboxylic acids is 1. The number of rotatable bonds is 5. The Morgan fingerprint density at radius 2 is 2.09 bits per heavy atom. The largest absolute Gasteiger partial charge is 0.347 e. The SMILES string of the molecule is NCC1CCC(N(Cc2cnc[nH]2)C(=O)c2cccnc2)CC1. The number of nitrogens with two attached hydrogens (primary N) is 1. The third-order valence-electron chi connectivity index (χ3n) is 4.66. The van der Waals surface area contributed by atoms with E-state index in [0.717, 1.165) is 37.9 Å². The lowest BCUT2D eigenvalue weighted by Crippen LogP contribution is -2.42. The van der Waals surface area contributed by atoms with Crippen molar-refractivity contribution in [3.63, 3.8) is 0 Å². The van der Waals surface area contributed by atoms with Crippen molar-refractivity contribution in [1.29, 1.82) is 0 Å². The van der Waals surface area contributed by atoms with E-state index in [0.29, 0.717) is 18.0 Å².